The van der Waals surface area contributed by atoms with Crippen LogP contribution in [0.3, 0.4) is 0 Å². The van der Waals surface area contributed by atoms with Crippen LogP contribution in [0.25, 0.3) is 0 Å². The first-order chi connectivity index (χ1) is 9.54. The van der Waals surface area contributed by atoms with Crippen molar-refractivity contribution in [1.82, 2.24) is 15.3 Å². The number of nitrogens with one attached hydrogen (secondary N) is 1. The quantitative estimate of drug-likeness (QED) is 0.873. The molecule has 6 heteroatoms. The van der Waals surface area contributed by atoms with Crippen LogP contribution in [-0.2, 0) is 6.54 Å². The summed E-state index contributed by atoms with van der Waals surface area (Å²) in [6.07, 6.45) is 3.28. The fourth-order valence-corrected chi connectivity index (χ4v) is 1.96. The zero-order valence-corrected chi connectivity index (χ0v) is 13.6. The molecule has 2 rings (SSSR count). The molecule has 0 aliphatic heterocycles. The molecule has 1 aromatic carbocycles. The first-order valence-corrected chi connectivity index (χ1v) is 7.39. The highest BCUT2D eigenvalue weighted by Gasteiger charge is 2.06. The van der Waals surface area contributed by atoms with E-state index in [1.165, 1.54) is 0 Å². The molecule has 2 aromatic rings. The van der Waals surface area contributed by atoms with Gasteiger partial charge in [0.05, 0.1) is 23.1 Å². The maximum Gasteiger partial charge on any atom is 0.237 e. The molecule has 0 spiro atoms. The second kappa shape index (κ2) is 7.02. The van der Waals surface area contributed by atoms with Crippen molar-refractivity contribution < 1.29 is 4.74 Å². The van der Waals surface area contributed by atoms with Gasteiger partial charge in [0, 0.05) is 17.1 Å². The number of rotatable bonds is 5. The number of hydrogen-bond acceptors (Lipinski definition) is 4. The smallest absolute Gasteiger partial charge is 0.237 e. The van der Waals surface area contributed by atoms with E-state index in [4.69, 9.17) is 16.3 Å². The Morgan fingerprint density at radius 1 is 1.30 bits per heavy atom. The molecule has 1 heterocycles. The molecule has 1 aromatic heterocycles. The second-order valence-electron chi connectivity index (χ2n) is 4.56. The van der Waals surface area contributed by atoms with Gasteiger partial charge in [0.15, 0.2) is 0 Å². The molecular formula is C14H15BrClN3O. The second-order valence-corrected chi connectivity index (χ2v) is 5.88. The summed E-state index contributed by atoms with van der Waals surface area (Å²) in [5, 5.41) is 3.81. The Morgan fingerprint density at radius 2 is 2.10 bits per heavy atom. The minimum Gasteiger partial charge on any atom is -0.436 e. The predicted molar refractivity (Wildman–Crippen MR) is 83.2 cm³/mol. The number of nitrogens with zero attached hydrogens (tertiary/aromatic N) is 2. The monoisotopic (exact) mass is 355 g/mol. The summed E-state index contributed by atoms with van der Waals surface area (Å²) in [5.41, 5.74) is 0.867. The molecule has 0 unspecified atom stereocenters. The number of aromatic nitrogens is 2. The van der Waals surface area contributed by atoms with Crippen molar-refractivity contribution in [3.63, 3.8) is 0 Å². The van der Waals surface area contributed by atoms with Crippen molar-refractivity contribution in [2.45, 2.75) is 26.4 Å². The van der Waals surface area contributed by atoms with Gasteiger partial charge in [-0.25, -0.2) is 4.98 Å². The molecule has 0 amide bonds. The fraction of sp³-hybridized carbons (Fsp3) is 0.286. The van der Waals surface area contributed by atoms with Crippen molar-refractivity contribution >= 4 is 27.5 Å². The summed E-state index contributed by atoms with van der Waals surface area (Å²) in [6.45, 7) is 4.85. The van der Waals surface area contributed by atoms with Crippen molar-refractivity contribution in [3.8, 4) is 11.6 Å². The maximum atomic E-state index is 6.06. The van der Waals surface area contributed by atoms with Gasteiger partial charge in [0.2, 0.25) is 5.88 Å². The zero-order chi connectivity index (χ0) is 14.5. The minimum atomic E-state index is 0.410. The van der Waals surface area contributed by atoms with Gasteiger partial charge < -0.3 is 10.1 Å². The van der Waals surface area contributed by atoms with E-state index in [2.05, 4.69) is 45.1 Å². The molecule has 0 radical (unpaired) electrons. The predicted octanol–water partition coefficient (Wildman–Crippen LogP) is 4.18. The molecular weight excluding hydrogens is 342 g/mol. The molecule has 20 heavy (non-hydrogen) atoms. The molecule has 0 saturated heterocycles. The van der Waals surface area contributed by atoms with Crippen LogP contribution >= 0.6 is 27.5 Å². The number of halogens is 2. The molecule has 1 N–H and O–H groups in total. The summed E-state index contributed by atoms with van der Waals surface area (Å²) in [4.78, 5) is 8.52. The fourth-order valence-electron chi connectivity index (χ4n) is 1.46. The first-order valence-electron chi connectivity index (χ1n) is 6.22. The lowest BCUT2D eigenvalue weighted by atomic mass is 10.3. The highest BCUT2D eigenvalue weighted by atomic mass is 79.9. The summed E-state index contributed by atoms with van der Waals surface area (Å²) in [7, 11) is 0. The van der Waals surface area contributed by atoms with Crippen molar-refractivity contribution in [1.29, 1.82) is 0 Å². The Hall–Kier alpha value is -1.17. The average Bonchev–Trinajstić information content (AvgIpc) is 2.42. The highest BCUT2D eigenvalue weighted by Crippen LogP contribution is 2.30. The van der Waals surface area contributed by atoms with Crippen LogP contribution < -0.4 is 10.1 Å². The van der Waals surface area contributed by atoms with Gasteiger partial charge in [-0.15, -0.1) is 0 Å². The lowest BCUT2D eigenvalue weighted by molar-refractivity contribution is 0.458. The number of ether oxygens (including phenoxy) is 1. The van der Waals surface area contributed by atoms with Crippen LogP contribution in [-0.4, -0.2) is 16.0 Å². The van der Waals surface area contributed by atoms with E-state index >= 15 is 0 Å². The van der Waals surface area contributed by atoms with Gasteiger partial charge >= 0.3 is 0 Å². The molecule has 0 fully saturated rings. The molecule has 4 nitrogen and oxygen atoms in total. The van der Waals surface area contributed by atoms with Crippen LogP contribution in [0.5, 0.6) is 11.6 Å². The number of benzene rings is 1. The van der Waals surface area contributed by atoms with Gasteiger partial charge in [-0.05, 0) is 18.2 Å². The Kier molecular flexibility index (Phi) is 5.34. The molecule has 0 bridgehead atoms. The summed E-state index contributed by atoms with van der Waals surface area (Å²) in [6, 6.07) is 5.81. The third-order valence-corrected chi connectivity index (χ3v) is 3.29. The Bertz CT molecular complexity index is 575. The van der Waals surface area contributed by atoms with Gasteiger partial charge in [-0.2, -0.15) is 0 Å². The summed E-state index contributed by atoms with van der Waals surface area (Å²) in [5.74, 6) is 0.960. The summed E-state index contributed by atoms with van der Waals surface area (Å²) < 4.78 is 6.51. The largest absolute Gasteiger partial charge is 0.436 e. The maximum absolute atomic E-state index is 6.06. The Morgan fingerprint density at radius 3 is 2.75 bits per heavy atom. The van der Waals surface area contributed by atoms with E-state index in [0.29, 0.717) is 29.2 Å². The first kappa shape index (κ1) is 15.2. The summed E-state index contributed by atoms with van der Waals surface area (Å²) >= 11 is 9.43. The topological polar surface area (TPSA) is 47.0 Å². The normalized spacial score (nSPS) is 10.8. The minimum absolute atomic E-state index is 0.410. The standard InChI is InChI=1S/C14H15BrClN3O/c1-9(2)17-6-11-7-19-14(8-18-11)20-13-5-10(15)3-4-12(13)16/h3-5,7-9,17H,6H2,1-2H3. The third kappa shape index (κ3) is 4.44. The highest BCUT2D eigenvalue weighted by molar-refractivity contribution is 9.10. The molecule has 106 valence electrons. The Labute approximate surface area is 131 Å². The lowest BCUT2D eigenvalue weighted by Crippen LogP contribution is -2.22. The van der Waals surface area contributed by atoms with E-state index in [-0.39, 0.29) is 0 Å². The molecule has 0 aliphatic carbocycles. The third-order valence-electron chi connectivity index (χ3n) is 2.48. The Balaban J connectivity index is 2.05. The van der Waals surface area contributed by atoms with Crippen molar-refractivity contribution in [2.75, 3.05) is 0 Å². The van der Waals surface area contributed by atoms with E-state index in [0.717, 1.165) is 10.2 Å². The van der Waals surface area contributed by atoms with E-state index < -0.39 is 0 Å². The molecule has 0 atom stereocenters. The van der Waals surface area contributed by atoms with Crippen LogP contribution in [0, 0.1) is 0 Å². The van der Waals surface area contributed by atoms with Crippen LogP contribution in [0.4, 0.5) is 0 Å². The average molecular weight is 357 g/mol. The van der Waals surface area contributed by atoms with E-state index in [1.54, 1.807) is 24.5 Å². The van der Waals surface area contributed by atoms with Crippen LogP contribution in [0.15, 0.2) is 35.1 Å². The van der Waals surface area contributed by atoms with Crippen LogP contribution in [0.2, 0.25) is 5.02 Å². The van der Waals surface area contributed by atoms with Crippen molar-refractivity contribution in [2.24, 2.45) is 0 Å². The van der Waals surface area contributed by atoms with Gasteiger partial charge in [-0.3, -0.25) is 4.98 Å². The van der Waals surface area contributed by atoms with E-state index in [1.807, 2.05) is 6.07 Å². The SMILES string of the molecule is CC(C)NCc1cnc(Oc2cc(Br)ccc2Cl)cn1. The van der Waals surface area contributed by atoms with Gasteiger partial charge in [0.1, 0.15) is 5.75 Å². The number of hydrogen-bond donors (Lipinski definition) is 1. The lowest BCUT2D eigenvalue weighted by Gasteiger charge is -2.09. The van der Waals surface area contributed by atoms with E-state index in [9.17, 15) is 0 Å². The van der Waals surface area contributed by atoms with Gasteiger partial charge in [0.25, 0.3) is 0 Å². The van der Waals surface area contributed by atoms with Crippen LogP contribution in [0.1, 0.15) is 19.5 Å². The van der Waals surface area contributed by atoms with Crippen molar-refractivity contribution in [3.05, 3.63) is 45.8 Å². The molecule has 0 saturated carbocycles. The zero-order valence-electron chi connectivity index (χ0n) is 11.2. The molecule has 0 aliphatic rings. The van der Waals surface area contributed by atoms with Gasteiger partial charge in [-0.1, -0.05) is 41.4 Å².